The van der Waals surface area contributed by atoms with E-state index in [1.165, 1.54) is 0 Å². The zero-order chi connectivity index (χ0) is 8.20. The van der Waals surface area contributed by atoms with Gasteiger partial charge in [0, 0.05) is 6.42 Å². The Balaban J connectivity index is 3.75. The van der Waals surface area contributed by atoms with Gasteiger partial charge in [0.2, 0.25) is 5.79 Å². The number of rotatable bonds is 4. The quantitative estimate of drug-likeness (QED) is 0.342. The largest absolute Gasteiger partial charge is 0.365 e. The minimum absolute atomic E-state index is 0.112. The number of carbonyl (C=O) groups excluding carboxylic acids is 1. The number of aliphatic hydroxyl groups is 2. The molecule has 0 heterocycles. The molecule has 5 heteroatoms. The summed E-state index contributed by atoms with van der Waals surface area (Å²) in [6.45, 7) is 0.302. The van der Waals surface area contributed by atoms with Gasteiger partial charge in [0.25, 0.3) is 5.91 Å². The van der Waals surface area contributed by atoms with Gasteiger partial charge in [-0.2, -0.15) is 0 Å². The fourth-order valence-electron chi connectivity index (χ4n) is 0.472. The second kappa shape index (κ2) is 3.50. The zero-order valence-electron chi connectivity index (χ0n) is 5.58. The van der Waals surface area contributed by atoms with Crippen molar-refractivity contribution in [3.8, 4) is 0 Å². The minimum atomic E-state index is -2.39. The molecule has 0 aromatic rings. The maximum absolute atomic E-state index is 10.2. The molecule has 0 atom stereocenters. The summed E-state index contributed by atoms with van der Waals surface area (Å²) in [6.07, 6.45) is 0.245. The van der Waals surface area contributed by atoms with E-state index in [9.17, 15) is 4.79 Å². The van der Waals surface area contributed by atoms with Gasteiger partial charge in [-0.3, -0.25) is 4.79 Å². The summed E-state index contributed by atoms with van der Waals surface area (Å²) >= 11 is 0. The SMILES string of the molecule is NCCCC(O)(O)C(N)=O. The Morgan fingerprint density at radius 2 is 2.00 bits per heavy atom. The van der Waals surface area contributed by atoms with E-state index in [0.717, 1.165) is 0 Å². The predicted octanol–water partition coefficient (Wildman–Crippen LogP) is -2.11. The molecule has 0 unspecified atom stereocenters. The van der Waals surface area contributed by atoms with Crippen molar-refractivity contribution in [3.05, 3.63) is 0 Å². The lowest BCUT2D eigenvalue weighted by Crippen LogP contribution is -2.43. The lowest BCUT2D eigenvalue weighted by molar-refractivity contribution is -0.184. The van der Waals surface area contributed by atoms with Gasteiger partial charge in [-0.1, -0.05) is 0 Å². The smallest absolute Gasteiger partial charge is 0.277 e. The molecule has 0 aromatic carbocycles. The molecule has 5 nitrogen and oxygen atoms in total. The number of hydrogen-bond donors (Lipinski definition) is 4. The van der Waals surface area contributed by atoms with Crippen LogP contribution in [-0.4, -0.2) is 28.5 Å². The van der Waals surface area contributed by atoms with Crippen LogP contribution in [0.5, 0.6) is 0 Å². The Bertz CT molecular complexity index is 124. The van der Waals surface area contributed by atoms with Crippen LogP contribution in [0.2, 0.25) is 0 Å². The first-order valence-corrected chi connectivity index (χ1v) is 2.95. The van der Waals surface area contributed by atoms with E-state index in [4.69, 9.17) is 15.9 Å². The lowest BCUT2D eigenvalue weighted by atomic mass is 10.1. The average Bonchev–Trinajstić information content (AvgIpc) is 1.84. The molecule has 0 saturated carbocycles. The highest BCUT2D eigenvalue weighted by atomic mass is 16.5. The molecule has 1 amide bonds. The summed E-state index contributed by atoms with van der Waals surface area (Å²) in [6, 6.07) is 0. The number of primary amides is 1. The molecule has 0 radical (unpaired) electrons. The predicted molar refractivity (Wildman–Crippen MR) is 34.7 cm³/mol. The third-order valence-corrected chi connectivity index (χ3v) is 1.12. The summed E-state index contributed by atoms with van der Waals surface area (Å²) in [5.74, 6) is -3.53. The highest BCUT2D eigenvalue weighted by molar-refractivity contribution is 5.81. The monoisotopic (exact) mass is 148 g/mol. The lowest BCUT2D eigenvalue weighted by Gasteiger charge is -2.15. The number of carbonyl (C=O) groups is 1. The van der Waals surface area contributed by atoms with Gasteiger partial charge in [0.05, 0.1) is 0 Å². The van der Waals surface area contributed by atoms with Crippen LogP contribution >= 0.6 is 0 Å². The van der Waals surface area contributed by atoms with Crippen LogP contribution in [0.1, 0.15) is 12.8 Å². The van der Waals surface area contributed by atoms with Gasteiger partial charge < -0.3 is 21.7 Å². The van der Waals surface area contributed by atoms with Gasteiger partial charge in [-0.25, -0.2) is 0 Å². The van der Waals surface area contributed by atoms with Gasteiger partial charge in [-0.15, -0.1) is 0 Å². The minimum Gasteiger partial charge on any atom is -0.365 e. The van der Waals surface area contributed by atoms with Gasteiger partial charge in [0.1, 0.15) is 0 Å². The molecular weight excluding hydrogens is 136 g/mol. The van der Waals surface area contributed by atoms with Crippen molar-refractivity contribution >= 4 is 5.91 Å². The topological polar surface area (TPSA) is 110 Å². The van der Waals surface area contributed by atoms with E-state index in [2.05, 4.69) is 5.73 Å². The van der Waals surface area contributed by atoms with Gasteiger partial charge >= 0.3 is 0 Å². The van der Waals surface area contributed by atoms with E-state index in [-0.39, 0.29) is 6.42 Å². The second-order valence-corrected chi connectivity index (χ2v) is 2.07. The summed E-state index contributed by atoms with van der Waals surface area (Å²) in [5, 5.41) is 17.5. The standard InChI is InChI=1S/C5H12N2O3/c6-3-1-2-5(9,10)4(7)8/h9-10H,1-3,6H2,(H2,7,8). The van der Waals surface area contributed by atoms with Crippen LogP contribution < -0.4 is 11.5 Å². The summed E-state index contributed by atoms with van der Waals surface area (Å²) in [7, 11) is 0. The van der Waals surface area contributed by atoms with E-state index in [1.54, 1.807) is 0 Å². The molecule has 0 spiro atoms. The molecular formula is C5H12N2O3. The van der Waals surface area contributed by atoms with Gasteiger partial charge in [-0.05, 0) is 13.0 Å². The number of nitrogens with two attached hydrogens (primary N) is 2. The Morgan fingerprint density at radius 3 is 2.30 bits per heavy atom. The molecule has 0 aliphatic heterocycles. The third kappa shape index (κ3) is 2.77. The molecule has 0 aliphatic rings. The first kappa shape index (κ1) is 9.35. The summed E-state index contributed by atoms with van der Waals surface area (Å²) in [5.41, 5.74) is 9.69. The van der Waals surface area contributed by atoms with Crippen molar-refractivity contribution in [3.63, 3.8) is 0 Å². The van der Waals surface area contributed by atoms with Crippen molar-refractivity contribution in [2.24, 2.45) is 11.5 Å². The van der Waals surface area contributed by atoms with E-state index < -0.39 is 11.7 Å². The average molecular weight is 148 g/mol. The molecule has 0 saturated heterocycles. The summed E-state index contributed by atoms with van der Waals surface area (Å²) in [4.78, 5) is 10.2. The maximum atomic E-state index is 10.2. The molecule has 0 aromatic heterocycles. The maximum Gasteiger partial charge on any atom is 0.277 e. The zero-order valence-corrected chi connectivity index (χ0v) is 5.58. The molecule has 0 rings (SSSR count). The molecule has 0 fully saturated rings. The fraction of sp³-hybridized carbons (Fsp3) is 0.800. The molecule has 0 bridgehead atoms. The Kier molecular flexibility index (Phi) is 3.27. The Morgan fingerprint density at radius 1 is 1.50 bits per heavy atom. The Labute approximate surface area is 58.6 Å². The van der Waals surface area contributed by atoms with E-state index >= 15 is 0 Å². The van der Waals surface area contributed by atoms with Crippen LogP contribution in [0, 0.1) is 0 Å². The van der Waals surface area contributed by atoms with Crippen molar-refractivity contribution in [1.82, 2.24) is 0 Å². The van der Waals surface area contributed by atoms with Gasteiger partial charge in [0.15, 0.2) is 0 Å². The van der Waals surface area contributed by atoms with Crippen LogP contribution in [0.15, 0.2) is 0 Å². The highest BCUT2D eigenvalue weighted by Gasteiger charge is 2.29. The molecule has 10 heavy (non-hydrogen) atoms. The van der Waals surface area contributed by atoms with Crippen molar-refractivity contribution in [2.75, 3.05) is 6.54 Å². The molecule has 0 aliphatic carbocycles. The number of amides is 1. The van der Waals surface area contributed by atoms with Crippen molar-refractivity contribution in [1.29, 1.82) is 0 Å². The first-order chi connectivity index (χ1) is 4.50. The van der Waals surface area contributed by atoms with Crippen LogP contribution in [-0.2, 0) is 4.79 Å². The Hall–Kier alpha value is -0.650. The van der Waals surface area contributed by atoms with E-state index in [0.29, 0.717) is 13.0 Å². The van der Waals surface area contributed by atoms with Crippen LogP contribution in [0.25, 0.3) is 0 Å². The molecule has 6 N–H and O–H groups in total. The third-order valence-electron chi connectivity index (χ3n) is 1.12. The number of hydrogen-bond acceptors (Lipinski definition) is 4. The highest BCUT2D eigenvalue weighted by Crippen LogP contribution is 2.06. The van der Waals surface area contributed by atoms with Crippen molar-refractivity contribution < 1.29 is 15.0 Å². The van der Waals surface area contributed by atoms with E-state index in [1.807, 2.05) is 0 Å². The first-order valence-electron chi connectivity index (χ1n) is 2.95. The van der Waals surface area contributed by atoms with Crippen molar-refractivity contribution in [2.45, 2.75) is 18.6 Å². The van der Waals surface area contributed by atoms with Crippen LogP contribution in [0.3, 0.4) is 0 Å². The van der Waals surface area contributed by atoms with Crippen LogP contribution in [0.4, 0.5) is 0 Å². The second-order valence-electron chi connectivity index (χ2n) is 2.07. The normalized spacial score (nSPS) is 11.5. The molecule has 60 valence electrons. The fourth-order valence-corrected chi connectivity index (χ4v) is 0.472. The summed E-state index contributed by atoms with van der Waals surface area (Å²) < 4.78 is 0.